The highest BCUT2D eigenvalue weighted by atomic mass is 15.4. The van der Waals surface area contributed by atoms with Crippen LogP contribution in [0.2, 0.25) is 0 Å². The molecule has 0 aliphatic carbocycles. The maximum atomic E-state index is 4.39. The van der Waals surface area contributed by atoms with Crippen LogP contribution < -0.4 is 14.5 Å². The molecule has 0 spiro atoms. The van der Waals surface area contributed by atoms with Gasteiger partial charge in [0.25, 0.3) is 5.82 Å². The molecule has 0 aliphatic rings. The van der Waals surface area contributed by atoms with Crippen molar-refractivity contribution in [3.8, 4) is 0 Å². The minimum atomic E-state index is 0.966. The van der Waals surface area contributed by atoms with Gasteiger partial charge in [0.1, 0.15) is 7.05 Å². The number of aryl methyl sites for hydroxylation is 1. The van der Waals surface area contributed by atoms with Gasteiger partial charge in [-0.1, -0.05) is 5.10 Å². The van der Waals surface area contributed by atoms with Crippen molar-refractivity contribution >= 4 is 11.6 Å². The Kier molecular flexibility index (Phi) is 2.70. The Hall–Kier alpha value is -1.32. The van der Waals surface area contributed by atoms with Crippen molar-refractivity contribution in [3.63, 3.8) is 0 Å². The largest absolute Gasteiger partial charge is 0.360 e. The zero-order valence-corrected chi connectivity index (χ0v) is 8.94. The third-order valence-electron chi connectivity index (χ3n) is 1.88. The van der Waals surface area contributed by atoms with Gasteiger partial charge < -0.3 is 4.90 Å². The summed E-state index contributed by atoms with van der Waals surface area (Å²) in [6.45, 7) is 0. The molecule has 0 fully saturated rings. The van der Waals surface area contributed by atoms with Crippen molar-refractivity contribution in [1.29, 1.82) is 0 Å². The SMILES string of the molecule is CN(C)c1ccc(N(C)C)[n+](C)n1. The summed E-state index contributed by atoms with van der Waals surface area (Å²) < 4.78 is 1.87. The maximum absolute atomic E-state index is 4.39. The lowest BCUT2D eigenvalue weighted by molar-refractivity contribution is -0.717. The molecule has 0 radical (unpaired) electrons. The van der Waals surface area contributed by atoms with E-state index in [0.717, 1.165) is 11.6 Å². The first-order valence-electron chi connectivity index (χ1n) is 4.24. The van der Waals surface area contributed by atoms with Crippen LogP contribution in [0, 0.1) is 0 Å². The molecule has 0 amide bonds. The molecular weight excluding hydrogens is 164 g/mol. The Bertz CT molecular complexity index is 294. The van der Waals surface area contributed by atoms with Gasteiger partial charge in [-0.25, -0.2) is 0 Å². The predicted molar refractivity (Wildman–Crippen MR) is 54.1 cm³/mol. The van der Waals surface area contributed by atoms with Gasteiger partial charge in [-0.15, -0.1) is 4.68 Å². The molecule has 0 bridgehead atoms. The van der Waals surface area contributed by atoms with Crippen molar-refractivity contribution in [1.82, 2.24) is 5.10 Å². The minimum Gasteiger partial charge on any atom is -0.360 e. The van der Waals surface area contributed by atoms with E-state index in [1.807, 2.05) is 55.8 Å². The highest BCUT2D eigenvalue weighted by Gasteiger charge is 2.10. The summed E-state index contributed by atoms with van der Waals surface area (Å²) in [4.78, 5) is 4.02. The van der Waals surface area contributed by atoms with Gasteiger partial charge in [0.05, 0.1) is 14.1 Å². The first-order chi connectivity index (χ1) is 6.02. The van der Waals surface area contributed by atoms with Crippen LogP contribution in [-0.2, 0) is 7.05 Å². The zero-order chi connectivity index (χ0) is 10.0. The Labute approximate surface area is 79.4 Å². The number of hydrogen-bond donors (Lipinski definition) is 0. The molecule has 1 heterocycles. The van der Waals surface area contributed by atoms with Gasteiger partial charge in [-0.05, 0) is 6.07 Å². The van der Waals surface area contributed by atoms with Crippen molar-refractivity contribution in [2.24, 2.45) is 7.05 Å². The maximum Gasteiger partial charge on any atom is 0.296 e. The van der Waals surface area contributed by atoms with E-state index in [2.05, 4.69) is 11.2 Å². The van der Waals surface area contributed by atoms with Crippen LogP contribution in [0.1, 0.15) is 0 Å². The van der Waals surface area contributed by atoms with E-state index in [0.29, 0.717) is 0 Å². The topological polar surface area (TPSA) is 23.2 Å². The second-order valence-electron chi connectivity index (χ2n) is 3.46. The molecule has 13 heavy (non-hydrogen) atoms. The molecule has 4 heteroatoms. The van der Waals surface area contributed by atoms with Crippen molar-refractivity contribution < 1.29 is 4.68 Å². The normalized spacial score (nSPS) is 9.92. The van der Waals surface area contributed by atoms with Crippen LogP contribution in [0.3, 0.4) is 0 Å². The number of hydrogen-bond acceptors (Lipinski definition) is 3. The summed E-state index contributed by atoms with van der Waals surface area (Å²) in [5.74, 6) is 2.05. The zero-order valence-electron chi connectivity index (χ0n) is 8.94. The summed E-state index contributed by atoms with van der Waals surface area (Å²) in [5.41, 5.74) is 0. The fraction of sp³-hybridized carbons (Fsp3) is 0.556. The molecule has 1 rings (SSSR count). The summed E-state index contributed by atoms with van der Waals surface area (Å²) >= 11 is 0. The number of nitrogens with zero attached hydrogens (tertiary/aromatic N) is 4. The number of aromatic nitrogens is 2. The predicted octanol–water partition coefficient (Wildman–Crippen LogP) is 0.0381. The van der Waals surface area contributed by atoms with Gasteiger partial charge >= 0.3 is 0 Å². The fourth-order valence-electron chi connectivity index (χ4n) is 1.17. The van der Waals surface area contributed by atoms with Crippen molar-refractivity contribution in [2.75, 3.05) is 38.0 Å². The third kappa shape index (κ3) is 2.08. The first-order valence-corrected chi connectivity index (χ1v) is 4.24. The quantitative estimate of drug-likeness (QED) is 0.602. The lowest BCUT2D eigenvalue weighted by Crippen LogP contribution is -2.40. The standard InChI is InChI=1S/C9H17N4/c1-11(2)8-6-7-9(12(3)4)13(5)10-8/h6-7H,1-5H3/q+1. The van der Waals surface area contributed by atoms with E-state index < -0.39 is 0 Å². The molecule has 0 N–H and O–H groups in total. The Balaban J connectivity index is 3.06. The van der Waals surface area contributed by atoms with Gasteiger partial charge in [-0.2, -0.15) is 0 Å². The highest BCUT2D eigenvalue weighted by molar-refractivity contribution is 5.39. The van der Waals surface area contributed by atoms with Crippen LogP contribution in [0.5, 0.6) is 0 Å². The molecule has 0 saturated carbocycles. The molecule has 0 aliphatic heterocycles. The molecular formula is C9H17N4+. The third-order valence-corrected chi connectivity index (χ3v) is 1.88. The van der Waals surface area contributed by atoms with E-state index >= 15 is 0 Å². The van der Waals surface area contributed by atoms with Gasteiger partial charge in [0.2, 0.25) is 0 Å². The van der Waals surface area contributed by atoms with Gasteiger partial charge in [-0.3, -0.25) is 4.90 Å². The van der Waals surface area contributed by atoms with Crippen LogP contribution >= 0.6 is 0 Å². The molecule has 4 nitrogen and oxygen atoms in total. The van der Waals surface area contributed by atoms with E-state index in [9.17, 15) is 0 Å². The van der Waals surface area contributed by atoms with Gasteiger partial charge in [0.15, 0.2) is 5.82 Å². The van der Waals surface area contributed by atoms with E-state index in [1.54, 1.807) is 0 Å². The average molecular weight is 181 g/mol. The van der Waals surface area contributed by atoms with Crippen molar-refractivity contribution in [2.45, 2.75) is 0 Å². The summed E-state index contributed by atoms with van der Waals surface area (Å²) in [6.07, 6.45) is 0. The smallest absolute Gasteiger partial charge is 0.296 e. The summed E-state index contributed by atoms with van der Waals surface area (Å²) in [7, 11) is 9.93. The molecule has 1 aromatic heterocycles. The number of rotatable bonds is 2. The molecule has 0 unspecified atom stereocenters. The van der Waals surface area contributed by atoms with Crippen LogP contribution in [-0.4, -0.2) is 33.3 Å². The lowest BCUT2D eigenvalue weighted by atomic mass is 10.4. The average Bonchev–Trinajstić information content (AvgIpc) is 2.03. The van der Waals surface area contributed by atoms with E-state index in [1.165, 1.54) is 0 Å². The molecule has 72 valence electrons. The summed E-state index contributed by atoms with van der Waals surface area (Å²) in [5, 5.41) is 4.39. The van der Waals surface area contributed by atoms with Crippen molar-refractivity contribution in [3.05, 3.63) is 12.1 Å². The Morgan fingerprint density at radius 3 is 2.08 bits per heavy atom. The highest BCUT2D eigenvalue weighted by Crippen LogP contribution is 2.08. The second-order valence-corrected chi connectivity index (χ2v) is 3.46. The van der Waals surface area contributed by atoms with E-state index in [-0.39, 0.29) is 0 Å². The molecule has 1 aromatic rings. The monoisotopic (exact) mass is 181 g/mol. The van der Waals surface area contributed by atoms with E-state index in [4.69, 9.17) is 0 Å². The molecule has 0 atom stereocenters. The lowest BCUT2D eigenvalue weighted by Gasteiger charge is -2.12. The van der Waals surface area contributed by atoms with Gasteiger partial charge in [0, 0.05) is 20.2 Å². The van der Waals surface area contributed by atoms with Crippen LogP contribution in [0.15, 0.2) is 12.1 Å². The Morgan fingerprint density at radius 1 is 1.08 bits per heavy atom. The minimum absolute atomic E-state index is 0.966. The fourth-order valence-corrected chi connectivity index (χ4v) is 1.17. The molecule has 0 aromatic carbocycles. The molecule has 0 saturated heterocycles. The number of anilines is 2. The Morgan fingerprint density at radius 2 is 1.69 bits per heavy atom. The first kappa shape index (κ1) is 9.77. The van der Waals surface area contributed by atoms with Crippen LogP contribution in [0.25, 0.3) is 0 Å². The van der Waals surface area contributed by atoms with Crippen LogP contribution in [0.4, 0.5) is 11.6 Å². The second kappa shape index (κ2) is 3.60. The summed E-state index contributed by atoms with van der Waals surface area (Å²) in [6, 6.07) is 4.07.